The van der Waals surface area contributed by atoms with Gasteiger partial charge in [-0.3, -0.25) is 0 Å². The molecule has 0 aliphatic heterocycles. The number of benzene rings is 1. The van der Waals surface area contributed by atoms with E-state index in [4.69, 9.17) is 9.15 Å². The summed E-state index contributed by atoms with van der Waals surface area (Å²) in [6.07, 6.45) is 2.56. The van der Waals surface area contributed by atoms with Crippen LogP contribution in [0.15, 0.2) is 58.1 Å². The van der Waals surface area contributed by atoms with Crippen molar-refractivity contribution >= 4 is 29.9 Å². The van der Waals surface area contributed by atoms with E-state index in [2.05, 4.69) is 15.6 Å². The second kappa shape index (κ2) is 11.8. The Kier molecular flexibility index (Phi) is 9.94. The van der Waals surface area contributed by atoms with E-state index in [9.17, 15) is 0 Å². The first-order chi connectivity index (χ1) is 10.9. The molecule has 2 aromatic rings. The van der Waals surface area contributed by atoms with Gasteiger partial charge in [-0.1, -0.05) is 18.2 Å². The average molecular weight is 429 g/mol. The van der Waals surface area contributed by atoms with E-state index in [1.807, 2.05) is 49.4 Å². The summed E-state index contributed by atoms with van der Waals surface area (Å²) in [5.74, 6) is 2.55. The van der Waals surface area contributed by atoms with E-state index in [1.165, 1.54) is 0 Å². The van der Waals surface area contributed by atoms with E-state index in [0.29, 0.717) is 13.2 Å². The Hall–Kier alpha value is -1.70. The van der Waals surface area contributed by atoms with Crippen molar-refractivity contribution in [2.75, 3.05) is 19.7 Å². The number of para-hydroxylation sites is 1. The van der Waals surface area contributed by atoms with Crippen molar-refractivity contribution in [2.45, 2.75) is 19.9 Å². The van der Waals surface area contributed by atoms with E-state index in [0.717, 1.165) is 37.0 Å². The summed E-state index contributed by atoms with van der Waals surface area (Å²) in [5, 5.41) is 6.50. The Bertz CT molecular complexity index is 544. The summed E-state index contributed by atoms with van der Waals surface area (Å²) in [6, 6.07) is 13.6. The van der Waals surface area contributed by atoms with Crippen LogP contribution >= 0.6 is 24.0 Å². The molecule has 5 nitrogen and oxygen atoms in total. The summed E-state index contributed by atoms with van der Waals surface area (Å²) in [7, 11) is 0. The van der Waals surface area contributed by atoms with Crippen LogP contribution in [0.4, 0.5) is 0 Å². The predicted molar refractivity (Wildman–Crippen MR) is 103 cm³/mol. The monoisotopic (exact) mass is 429 g/mol. The Morgan fingerprint density at radius 2 is 1.96 bits per heavy atom. The first kappa shape index (κ1) is 19.3. The van der Waals surface area contributed by atoms with Gasteiger partial charge in [0.05, 0.1) is 12.9 Å². The van der Waals surface area contributed by atoms with E-state index in [-0.39, 0.29) is 24.0 Å². The lowest BCUT2D eigenvalue weighted by Crippen LogP contribution is -2.38. The van der Waals surface area contributed by atoms with Gasteiger partial charge < -0.3 is 19.8 Å². The molecule has 23 heavy (non-hydrogen) atoms. The van der Waals surface area contributed by atoms with Gasteiger partial charge in [0.15, 0.2) is 5.96 Å². The minimum Gasteiger partial charge on any atom is -0.494 e. The lowest BCUT2D eigenvalue weighted by molar-refractivity contribution is 0.311. The molecule has 1 aromatic heterocycles. The maximum Gasteiger partial charge on any atom is 0.191 e. The van der Waals surface area contributed by atoms with Crippen LogP contribution in [0.25, 0.3) is 0 Å². The van der Waals surface area contributed by atoms with E-state index in [1.54, 1.807) is 6.26 Å². The summed E-state index contributed by atoms with van der Waals surface area (Å²) in [6.45, 7) is 4.88. The molecule has 0 saturated heterocycles. The number of ether oxygens (including phenoxy) is 1. The van der Waals surface area contributed by atoms with Crippen LogP contribution in [0.1, 0.15) is 19.1 Å². The molecule has 2 N–H and O–H groups in total. The van der Waals surface area contributed by atoms with Crippen molar-refractivity contribution in [3.63, 3.8) is 0 Å². The first-order valence-electron chi connectivity index (χ1n) is 7.61. The van der Waals surface area contributed by atoms with Crippen molar-refractivity contribution in [3.05, 3.63) is 54.5 Å². The molecular weight excluding hydrogens is 405 g/mol. The van der Waals surface area contributed by atoms with Gasteiger partial charge in [0.1, 0.15) is 18.1 Å². The molecule has 0 saturated carbocycles. The van der Waals surface area contributed by atoms with Gasteiger partial charge in [-0.25, -0.2) is 4.99 Å². The molecule has 0 radical (unpaired) electrons. The first-order valence-corrected chi connectivity index (χ1v) is 7.61. The fourth-order valence-corrected chi connectivity index (χ4v) is 1.89. The number of hydrogen-bond donors (Lipinski definition) is 2. The molecule has 0 spiro atoms. The van der Waals surface area contributed by atoms with Crippen molar-refractivity contribution in [3.8, 4) is 5.75 Å². The molecule has 0 amide bonds. The topological polar surface area (TPSA) is 58.8 Å². The lowest BCUT2D eigenvalue weighted by Gasteiger charge is -2.11. The molecule has 126 valence electrons. The van der Waals surface area contributed by atoms with Gasteiger partial charge in [0.2, 0.25) is 0 Å². The normalized spacial score (nSPS) is 10.7. The minimum absolute atomic E-state index is 0. The standard InChI is InChI=1S/C17H23N3O2.HI/c1-2-18-17(20-14-16-10-6-12-22-16)19-11-7-13-21-15-8-4-3-5-9-15;/h3-6,8-10,12H,2,7,11,13-14H2,1H3,(H2,18,19,20);1H. The van der Waals surface area contributed by atoms with Gasteiger partial charge in [0.25, 0.3) is 0 Å². The summed E-state index contributed by atoms with van der Waals surface area (Å²) in [4.78, 5) is 4.47. The zero-order valence-corrected chi connectivity index (χ0v) is 15.7. The number of furan rings is 1. The Morgan fingerprint density at radius 1 is 1.13 bits per heavy atom. The van der Waals surface area contributed by atoms with Crippen LogP contribution in [0.5, 0.6) is 5.75 Å². The number of aliphatic imine (C=N–C) groups is 1. The predicted octanol–water partition coefficient (Wildman–Crippen LogP) is 3.42. The third-order valence-electron chi connectivity index (χ3n) is 2.94. The van der Waals surface area contributed by atoms with Gasteiger partial charge in [0, 0.05) is 13.1 Å². The number of halogens is 1. The highest BCUT2D eigenvalue weighted by Gasteiger charge is 1.99. The van der Waals surface area contributed by atoms with Crippen LogP contribution in [0.3, 0.4) is 0 Å². The molecular formula is C17H24IN3O2. The van der Waals surface area contributed by atoms with Gasteiger partial charge in [-0.15, -0.1) is 24.0 Å². The molecule has 1 heterocycles. The maximum absolute atomic E-state index is 5.65. The SMILES string of the molecule is CCNC(=NCc1ccco1)NCCCOc1ccccc1.I. The largest absolute Gasteiger partial charge is 0.494 e. The second-order valence-electron chi connectivity index (χ2n) is 4.72. The number of rotatable bonds is 8. The van der Waals surface area contributed by atoms with Crippen molar-refractivity contribution < 1.29 is 9.15 Å². The van der Waals surface area contributed by atoms with E-state index < -0.39 is 0 Å². The molecule has 1 aromatic carbocycles. The average Bonchev–Trinajstić information content (AvgIpc) is 3.06. The van der Waals surface area contributed by atoms with E-state index >= 15 is 0 Å². The molecule has 0 fully saturated rings. The molecule has 0 aliphatic rings. The fourth-order valence-electron chi connectivity index (χ4n) is 1.89. The van der Waals surface area contributed by atoms with Crippen molar-refractivity contribution in [2.24, 2.45) is 4.99 Å². The third-order valence-corrected chi connectivity index (χ3v) is 2.94. The zero-order chi connectivity index (χ0) is 15.5. The summed E-state index contributed by atoms with van der Waals surface area (Å²) >= 11 is 0. The summed E-state index contributed by atoms with van der Waals surface area (Å²) in [5.41, 5.74) is 0. The number of nitrogens with zero attached hydrogens (tertiary/aromatic N) is 1. The quantitative estimate of drug-likeness (QED) is 0.292. The minimum atomic E-state index is 0. The lowest BCUT2D eigenvalue weighted by atomic mass is 10.3. The fraction of sp³-hybridized carbons (Fsp3) is 0.353. The highest BCUT2D eigenvalue weighted by Crippen LogP contribution is 2.08. The Labute approximate surface area is 154 Å². The Balaban J connectivity index is 0.00000264. The smallest absolute Gasteiger partial charge is 0.191 e. The maximum atomic E-state index is 5.65. The van der Waals surface area contributed by atoms with Gasteiger partial charge in [-0.2, -0.15) is 0 Å². The van der Waals surface area contributed by atoms with Crippen LogP contribution in [0.2, 0.25) is 0 Å². The molecule has 0 atom stereocenters. The van der Waals surface area contributed by atoms with Crippen molar-refractivity contribution in [1.82, 2.24) is 10.6 Å². The summed E-state index contributed by atoms with van der Waals surface area (Å²) < 4.78 is 10.9. The third kappa shape index (κ3) is 7.92. The molecule has 6 heteroatoms. The number of guanidine groups is 1. The van der Waals surface area contributed by atoms with Crippen molar-refractivity contribution in [1.29, 1.82) is 0 Å². The molecule has 0 unspecified atom stereocenters. The Morgan fingerprint density at radius 3 is 2.65 bits per heavy atom. The number of nitrogens with one attached hydrogen (secondary N) is 2. The van der Waals surface area contributed by atoms with Crippen LogP contribution in [0, 0.1) is 0 Å². The zero-order valence-electron chi connectivity index (χ0n) is 13.3. The van der Waals surface area contributed by atoms with Crippen LogP contribution < -0.4 is 15.4 Å². The van der Waals surface area contributed by atoms with Crippen LogP contribution in [-0.4, -0.2) is 25.7 Å². The molecule has 2 rings (SSSR count). The van der Waals surface area contributed by atoms with Crippen LogP contribution in [-0.2, 0) is 6.54 Å². The molecule has 0 bridgehead atoms. The van der Waals surface area contributed by atoms with Gasteiger partial charge in [-0.05, 0) is 37.6 Å². The highest BCUT2D eigenvalue weighted by atomic mass is 127. The number of hydrogen-bond acceptors (Lipinski definition) is 3. The molecule has 0 aliphatic carbocycles. The second-order valence-corrected chi connectivity index (χ2v) is 4.72. The van der Waals surface area contributed by atoms with Gasteiger partial charge >= 0.3 is 0 Å². The highest BCUT2D eigenvalue weighted by molar-refractivity contribution is 14.0.